The molecule has 2 N–H and O–H groups in total. The maximum atomic E-state index is 13.8. The van der Waals surface area contributed by atoms with Crippen LogP contribution in [0.3, 0.4) is 0 Å². The summed E-state index contributed by atoms with van der Waals surface area (Å²) in [5.74, 6) is -1.20. The van der Waals surface area contributed by atoms with Gasteiger partial charge in [0.1, 0.15) is 5.82 Å². The third kappa shape index (κ3) is 3.56. The molecule has 7 heteroatoms. The van der Waals surface area contributed by atoms with Crippen molar-refractivity contribution >= 4 is 23.0 Å². The summed E-state index contributed by atoms with van der Waals surface area (Å²) in [6.07, 6.45) is 1.64. The van der Waals surface area contributed by atoms with Gasteiger partial charge in [-0.1, -0.05) is 32.0 Å². The Morgan fingerprint density at radius 3 is 2.58 bits per heavy atom. The van der Waals surface area contributed by atoms with Crippen LogP contribution in [-0.2, 0) is 0 Å². The van der Waals surface area contributed by atoms with E-state index in [0.717, 1.165) is 0 Å². The van der Waals surface area contributed by atoms with Gasteiger partial charge in [-0.05, 0) is 30.2 Å². The summed E-state index contributed by atoms with van der Waals surface area (Å²) in [6, 6.07) is 11.1. The summed E-state index contributed by atoms with van der Waals surface area (Å²) < 4.78 is 15.3. The van der Waals surface area contributed by atoms with E-state index in [4.69, 9.17) is 0 Å². The van der Waals surface area contributed by atoms with Gasteiger partial charge in [0.2, 0.25) is 5.82 Å². The van der Waals surface area contributed by atoms with Gasteiger partial charge in [-0.3, -0.25) is 14.0 Å². The van der Waals surface area contributed by atoms with Crippen LogP contribution in [0, 0.1) is 11.7 Å². The Bertz CT molecular complexity index is 965. The Labute approximate surface area is 150 Å². The molecule has 3 aromatic rings. The number of nitrogens with one attached hydrogen (secondary N) is 2. The van der Waals surface area contributed by atoms with Crippen LogP contribution in [0.1, 0.15) is 35.0 Å². The molecule has 2 heterocycles. The van der Waals surface area contributed by atoms with E-state index < -0.39 is 11.7 Å². The molecule has 0 bridgehead atoms. The van der Waals surface area contributed by atoms with E-state index in [9.17, 15) is 14.0 Å². The fourth-order valence-corrected chi connectivity index (χ4v) is 2.49. The second kappa shape index (κ2) is 7.35. The van der Waals surface area contributed by atoms with E-state index in [-0.39, 0.29) is 29.0 Å². The molecule has 2 aromatic heterocycles. The van der Waals surface area contributed by atoms with Gasteiger partial charge in [0.25, 0.3) is 11.8 Å². The molecule has 0 saturated heterocycles. The fraction of sp³-hybridized carbons (Fsp3) is 0.211. The number of carbonyl (C=O) groups is 2. The second-order valence-corrected chi connectivity index (χ2v) is 6.28. The summed E-state index contributed by atoms with van der Waals surface area (Å²) in [7, 11) is 0. The molecule has 3 rings (SSSR count). The first-order valence-electron chi connectivity index (χ1n) is 8.28. The normalized spacial score (nSPS) is 10.9. The highest BCUT2D eigenvalue weighted by atomic mass is 19.1. The van der Waals surface area contributed by atoms with E-state index >= 15 is 0 Å². The monoisotopic (exact) mass is 354 g/mol. The quantitative estimate of drug-likeness (QED) is 0.739. The highest BCUT2D eigenvalue weighted by Gasteiger charge is 2.22. The topological polar surface area (TPSA) is 75.5 Å². The van der Waals surface area contributed by atoms with Gasteiger partial charge >= 0.3 is 0 Å². The number of hydrogen-bond donors (Lipinski definition) is 2. The number of amides is 2. The number of imidazole rings is 1. The van der Waals surface area contributed by atoms with Gasteiger partial charge in [0.15, 0.2) is 5.69 Å². The number of nitrogens with zero attached hydrogens (tertiary/aromatic N) is 2. The number of carbonyl (C=O) groups excluding carboxylic acids is 2. The average molecular weight is 354 g/mol. The van der Waals surface area contributed by atoms with Gasteiger partial charge in [0, 0.05) is 12.7 Å². The number of benzene rings is 1. The van der Waals surface area contributed by atoms with Gasteiger partial charge < -0.3 is 10.6 Å². The number of para-hydroxylation sites is 1. The average Bonchev–Trinajstić information content (AvgIpc) is 3.01. The molecule has 0 spiro atoms. The first kappa shape index (κ1) is 17.6. The Hall–Kier alpha value is -3.22. The van der Waals surface area contributed by atoms with Crippen LogP contribution in [-0.4, -0.2) is 27.7 Å². The molecule has 6 nitrogen and oxygen atoms in total. The molecule has 0 radical (unpaired) electrons. The van der Waals surface area contributed by atoms with Gasteiger partial charge in [-0.15, -0.1) is 0 Å². The lowest BCUT2D eigenvalue weighted by Gasteiger charge is -2.05. The van der Waals surface area contributed by atoms with Crippen molar-refractivity contribution in [2.75, 3.05) is 11.9 Å². The highest BCUT2D eigenvalue weighted by Crippen LogP contribution is 2.17. The minimum Gasteiger partial charge on any atom is -0.350 e. The van der Waals surface area contributed by atoms with Crippen molar-refractivity contribution in [3.63, 3.8) is 0 Å². The molecule has 0 atom stereocenters. The largest absolute Gasteiger partial charge is 0.350 e. The molecule has 26 heavy (non-hydrogen) atoms. The minimum atomic E-state index is -0.598. The van der Waals surface area contributed by atoms with Crippen molar-refractivity contribution in [1.29, 1.82) is 0 Å². The van der Waals surface area contributed by atoms with Crippen LogP contribution < -0.4 is 10.6 Å². The maximum absolute atomic E-state index is 13.8. The molecule has 1 aromatic carbocycles. The van der Waals surface area contributed by atoms with E-state index in [1.165, 1.54) is 22.6 Å². The Balaban J connectivity index is 1.95. The summed E-state index contributed by atoms with van der Waals surface area (Å²) in [6.45, 7) is 4.47. The molecule has 2 amide bonds. The molecule has 0 fully saturated rings. The van der Waals surface area contributed by atoms with Crippen LogP contribution >= 0.6 is 0 Å². The first-order valence-corrected chi connectivity index (χ1v) is 8.28. The molecule has 0 aliphatic carbocycles. The third-order valence-corrected chi connectivity index (χ3v) is 3.76. The predicted octanol–water partition coefficient (Wildman–Crippen LogP) is 3.11. The van der Waals surface area contributed by atoms with Crippen molar-refractivity contribution in [2.45, 2.75) is 13.8 Å². The Kier molecular flexibility index (Phi) is 4.97. The Morgan fingerprint density at radius 2 is 1.85 bits per heavy atom. The number of anilines is 1. The van der Waals surface area contributed by atoms with Crippen molar-refractivity contribution < 1.29 is 14.0 Å². The van der Waals surface area contributed by atoms with Crippen molar-refractivity contribution in [1.82, 2.24) is 14.7 Å². The molecule has 0 aliphatic heterocycles. The van der Waals surface area contributed by atoms with E-state index in [1.54, 1.807) is 30.5 Å². The number of fused-ring (bicyclic) bond motifs is 1. The minimum absolute atomic E-state index is 0.0125. The van der Waals surface area contributed by atoms with Crippen LogP contribution in [0.15, 0.2) is 48.7 Å². The van der Waals surface area contributed by atoms with Gasteiger partial charge in [-0.25, -0.2) is 9.37 Å². The lowest BCUT2D eigenvalue weighted by Crippen LogP contribution is -2.27. The molecule has 134 valence electrons. The zero-order chi connectivity index (χ0) is 18.7. The molecule has 0 aliphatic rings. The summed E-state index contributed by atoms with van der Waals surface area (Å²) in [5, 5.41) is 5.29. The van der Waals surface area contributed by atoms with Crippen LogP contribution in [0.2, 0.25) is 0 Å². The van der Waals surface area contributed by atoms with Crippen molar-refractivity contribution in [2.24, 2.45) is 5.92 Å². The molecular weight excluding hydrogens is 335 g/mol. The fourth-order valence-electron chi connectivity index (χ4n) is 2.49. The zero-order valence-corrected chi connectivity index (χ0v) is 14.5. The lowest BCUT2D eigenvalue weighted by atomic mass is 10.2. The number of aromatic nitrogens is 2. The molecular formula is C19H19FN4O2. The lowest BCUT2D eigenvalue weighted by molar-refractivity contribution is 0.0946. The van der Waals surface area contributed by atoms with E-state index in [2.05, 4.69) is 15.6 Å². The molecule has 0 unspecified atom stereocenters. The van der Waals surface area contributed by atoms with Gasteiger partial charge in [0.05, 0.1) is 11.2 Å². The third-order valence-electron chi connectivity index (χ3n) is 3.76. The molecule has 0 saturated carbocycles. The van der Waals surface area contributed by atoms with Crippen LogP contribution in [0.25, 0.3) is 5.52 Å². The standard InChI is InChI=1S/C19H19FN4O2/c1-12(2)11-21-18(25)16-15-9-5-6-10-24(15)17(23-16)19(26)22-14-8-4-3-7-13(14)20/h3-10,12H,11H2,1-2H3,(H,21,25)(H,22,26). The second-order valence-electron chi connectivity index (χ2n) is 6.28. The zero-order valence-electron chi connectivity index (χ0n) is 14.5. The highest BCUT2D eigenvalue weighted by molar-refractivity contribution is 6.06. The number of rotatable bonds is 5. The van der Waals surface area contributed by atoms with Gasteiger partial charge in [-0.2, -0.15) is 0 Å². The Morgan fingerprint density at radius 1 is 1.12 bits per heavy atom. The summed E-state index contributed by atoms with van der Waals surface area (Å²) >= 11 is 0. The number of hydrogen-bond acceptors (Lipinski definition) is 3. The first-order chi connectivity index (χ1) is 12.5. The van der Waals surface area contributed by atoms with Crippen molar-refractivity contribution in [3.8, 4) is 0 Å². The predicted molar refractivity (Wildman–Crippen MR) is 96.7 cm³/mol. The summed E-state index contributed by atoms with van der Waals surface area (Å²) in [4.78, 5) is 29.2. The summed E-state index contributed by atoms with van der Waals surface area (Å²) in [5.41, 5.74) is 0.716. The smallest absolute Gasteiger partial charge is 0.292 e. The number of halogens is 1. The van der Waals surface area contributed by atoms with Crippen LogP contribution in [0.5, 0.6) is 0 Å². The maximum Gasteiger partial charge on any atom is 0.292 e. The van der Waals surface area contributed by atoms with Crippen molar-refractivity contribution in [3.05, 3.63) is 66.0 Å². The SMILES string of the molecule is CC(C)CNC(=O)c1nc(C(=O)Nc2ccccc2F)n2ccccc12. The van der Waals surface area contributed by atoms with Crippen LogP contribution in [0.4, 0.5) is 10.1 Å². The van der Waals surface area contributed by atoms with E-state index in [1.807, 2.05) is 13.8 Å². The number of pyridine rings is 1. The van der Waals surface area contributed by atoms with E-state index in [0.29, 0.717) is 12.1 Å².